The Labute approximate surface area is 143 Å². The third-order valence-electron chi connectivity index (χ3n) is 5.57. The quantitative estimate of drug-likeness (QED) is 0.795. The molecule has 2 heterocycles. The molecule has 0 aliphatic carbocycles. The first kappa shape index (κ1) is 18.5. The van der Waals surface area contributed by atoms with Crippen LogP contribution in [0.3, 0.4) is 0 Å². The lowest BCUT2D eigenvalue weighted by Gasteiger charge is -2.38. The van der Waals surface area contributed by atoms with Crippen molar-refractivity contribution in [1.29, 1.82) is 0 Å². The summed E-state index contributed by atoms with van der Waals surface area (Å²) in [4.78, 5) is 19.8. The van der Waals surface area contributed by atoms with Gasteiger partial charge in [0.25, 0.3) is 0 Å². The van der Waals surface area contributed by atoms with E-state index in [1.165, 1.54) is 12.1 Å². The number of hydrogen-bond donors (Lipinski definition) is 1. The molecular weight excluding hydrogens is 301 g/mol. The number of rotatable bonds is 6. The highest BCUT2D eigenvalue weighted by atomic mass is 28.4. The topological polar surface area (TPSA) is 39.6 Å². The molecule has 1 aliphatic rings. The summed E-state index contributed by atoms with van der Waals surface area (Å²) in [6.07, 6.45) is 4.28. The fourth-order valence-electron chi connectivity index (χ4n) is 2.93. The van der Waals surface area contributed by atoms with Crippen LogP contribution in [0.1, 0.15) is 26.7 Å². The summed E-state index contributed by atoms with van der Waals surface area (Å²) in [5.74, 6) is 0. The Morgan fingerprint density at radius 1 is 1.22 bits per heavy atom. The molecule has 0 saturated carbocycles. The summed E-state index contributed by atoms with van der Waals surface area (Å²) in [5, 5.41) is 0.0996. The normalized spacial score (nSPS) is 17.5. The summed E-state index contributed by atoms with van der Waals surface area (Å²) in [7, 11) is -0.0375. The maximum absolute atomic E-state index is 10.4. The molecule has 0 radical (unpaired) electrons. The number of pyridine rings is 1. The maximum Gasteiger partial charge on any atom is 0.188 e. The van der Waals surface area contributed by atoms with Crippen molar-refractivity contribution in [2.24, 2.45) is 0 Å². The molecule has 0 amide bonds. The molecule has 1 aliphatic heterocycles. The summed E-state index contributed by atoms with van der Waals surface area (Å²) >= 11 is 0. The van der Waals surface area contributed by atoms with Gasteiger partial charge in [-0.05, 0) is 55.2 Å². The van der Waals surface area contributed by atoms with E-state index in [-0.39, 0.29) is 5.04 Å². The van der Waals surface area contributed by atoms with Gasteiger partial charge in [-0.25, -0.2) is 0 Å². The summed E-state index contributed by atoms with van der Waals surface area (Å²) in [6, 6.07) is 4.26. The van der Waals surface area contributed by atoms with Gasteiger partial charge in [0, 0.05) is 32.4 Å². The van der Waals surface area contributed by atoms with E-state index in [4.69, 9.17) is 0 Å². The Bertz CT molecular complexity index is 494. The van der Waals surface area contributed by atoms with Gasteiger partial charge in [-0.3, -0.25) is 9.88 Å². The van der Waals surface area contributed by atoms with Crippen LogP contribution in [0.2, 0.25) is 18.1 Å². The summed E-state index contributed by atoms with van der Waals surface area (Å²) in [5.41, 5.74) is 2.31. The van der Waals surface area contributed by atoms with E-state index in [2.05, 4.69) is 53.9 Å². The van der Waals surface area contributed by atoms with Gasteiger partial charge < -0.3 is 9.70 Å². The van der Waals surface area contributed by atoms with Gasteiger partial charge in [-0.2, -0.15) is 0 Å². The molecule has 0 spiro atoms. The van der Waals surface area contributed by atoms with Crippen molar-refractivity contribution >= 4 is 27.4 Å². The van der Waals surface area contributed by atoms with Crippen molar-refractivity contribution in [3.05, 3.63) is 18.3 Å². The molecular formula is C17H32BN3OSi. The molecule has 6 heteroatoms. The Morgan fingerprint density at radius 2 is 1.87 bits per heavy atom. The van der Waals surface area contributed by atoms with Crippen LogP contribution in [-0.4, -0.2) is 63.6 Å². The highest BCUT2D eigenvalue weighted by Crippen LogP contribution is 2.39. The molecule has 0 unspecified atom stereocenters. The van der Waals surface area contributed by atoms with E-state index < -0.39 is 8.32 Å². The molecule has 1 N–H and O–H groups in total. The van der Waals surface area contributed by atoms with Crippen LogP contribution in [0.25, 0.3) is 0 Å². The Kier molecular flexibility index (Phi) is 5.92. The Balaban J connectivity index is 1.74. The molecule has 1 fully saturated rings. The number of aromatic nitrogens is 1. The summed E-state index contributed by atoms with van der Waals surface area (Å²) in [6.45, 7) is 14.1. The van der Waals surface area contributed by atoms with E-state index >= 15 is 0 Å². The molecule has 4 nitrogen and oxygen atoms in total. The van der Waals surface area contributed by atoms with Crippen molar-refractivity contribution in [2.75, 3.05) is 37.6 Å². The van der Waals surface area contributed by atoms with Gasteiger partial charge in [-0.1, -0.05) is 13.8 Å². The lowest BCUT2D eigenvalue weighted by atomic mass is 10.0. The molecule has 0 aromatic carbocycles. The highest BCUT2D eigenvalue weighted by Gasteiger charge is 2.37. The minimum Gasteiger partial charge on any atom is -0.432 e. The van der Waals surface area contributed by atoms with Crippen LogP contribution >= 0.6 is 0 Å². The summed E-state index contributed by atoms with van der Waals surface area (Å²) < 4.78 is 0. The lowest BCUT2D eigenvalue weighted by Crippen LogP contribution is -2.47. The Morgan fingerprint density at radius 3 is 2.39 bits per heavy atom. The maximum atomic E-state index is 10.4. The van der Waals surface area contributed by atoms with Gasteiger partial charge in [0.2, 0.25) is 0 Å². The fraction of sp³-hybridized carbons (Fsp3) is 0.706. The van der Waals surface area contributed by atoms with Crippen LogP contribution < -0.4 is 10.5 Å². The zero-order chi connectivity index (χ0) is 17.1. The molecule has 2 rings (SSSR count). The van der Waals surface area contributed by atoms with E-state index in [0.29, 0.717) is 0 Å². The van der Waals surface area contributed by atoms with E-state index in [1.54, 1.807) is 0 Å². The molecule has 1 aromatic heterocycles. The van der Waals surface area contributed by atoms with Crippen LogP contribution in [0, 0.1) is 0 Å². The second-order valence-electron chi connectivity index (χ2n) is 8.03. The van der Waals surface area contributed by atoms with Crippen molar-refractivity contribution in [1.82, 2.24) is 9.88 Å². The zero-order valence-corrected chi connectivity index (χ0v) is 16.5. The number of anilines is 1. The fourth-order valence-corrected chi connectivity index (χ4v) is 3.72. The largest absolute Gasteiger partial charge is 0.432 e. The molecule has 1 aromatic rings. The first-order chi connectivity index (χ1) is 10.7. The molecule has 0 atom stereocenters. The minimum absolute atomic E-state index is 0.0996. The monoisotopic (exact) mass is 333 g/mol. The molecule has 23 heavy (non-hydrogen) atoms. The SMILES string of the molecule is Bc1ccc(N2CCN(CCCC(C)(C)[Si](C)(C)O)CC2)cn1. The second kappa shape index (κ2) is 7.36. The highest BCUT2D eigenvalue weighted by molar-refractivity contribution is 6.72. The van der Waals surface area contributed by atoms with Crippen LogP contribution in [-0.2, 0) is 0 Å². The van der Waals surface area contributed by atoms with Crippen LogP contribution in [0.5, 0.6) is 0 Å². The molecule has 0 bridgehead atoms. The molecule has 128 valence electrons. The third-order valence-corrected chi connectivity index (χ3v) is 9.13. The number of hydrogen-bond acceptors (Lipinski definition) is 4. The lowest BCUT2D eigenvalue weighted by molar-refractivity contribution is 0.247. The Hall–Kier alpha value is -0.848. The average molecular weight is 333 g/mol. The average Bonchev–Trinajstić information content (AvgIpc) is 2.47. The van der Waals surface area contributed by atoms with Crippen molar-refractivity contribution in [3.63, 3.8) is 0 Å². The number of nitrogens with zero attached hydrogens (tertiary/aromatic N) is 3. The second-order valence-corrected chi connectivity index (χ2v) is 12.5. The number of piperazine rings is 1. The van der Waals surface area contributed by atoms with Crippen molar-refractivity contribution in [3.8, 4) is 0 Å². The van der Waals surface area contributed by atoms with Gasteiger partial charge in [-0.15, -0.1) is 0 Å². The smallest absolute Gasteiger partial charge is 0.188 e. The van der Waals surface area contributed by atoms with Gasteiger partial charge in [0.05, 0.1) is 5.69 Å². The molecule has 1 saturated heterocycles. The van der Waals surface area contributed by atoms with Gasteiger partial charge >= 0.3 is 0 Å². The van der Waals surface area contributed by atoms with Gasteiger partial charge in [0.15, 0.2) is 16.2 Å². The standard InChI is InChI=1S/C17H32BN3OSi/c1-17(2,23(3,4)22)8-5-9-20-10-12-21(13-11-20)15-6-7-16(18)19-14-15/h6-7,14,22H,5,8-13,18H2,1-4H3. The minimum atomic E-state index is -2.07. The van der Waals surface area contributed by atoms with Crippen molar-refractivity contribution < 1.29 is 4.80 Å². The van der Waals surface area contributed by atoms with Gasteiger partial charge in [0.1, 0.15) is 0 Å². The zero-order valence-electron chi connectivity index (χ0n) is 15.5. The first-order valence-corrected chi connectivity index (χ1v) is 11.8. The van der Waals surface area contributed by atoms with Crippen LogP contribution in [0.4, 0.5) is 5.69 Å². The van der Waals surface area contributed by atoms with E-state index in [1.807, 2.05) is 14.0 Å². The first-order valence-electron chi connectivity index (χ1n) is 8.81. The predicted octanol–water partition coefficient (Wildman–Crippen LogP) is 1.22. The van der Waals surface area contributed by atoms with E-state index in [0.717, 1.165) is 44.7 Å². The third kappa shape index (κ3) is 5.06. The van der Waals surface area contributed by atoms with Crippen molar-refractivity contribution in [2.45, 2.75) is 44.8 Å². The van der Waals surface area contributed by atoms with E-state index in [9.17, 15) is 4.80 Å². The predicted molar refractivity (Wildman–Crippen MR) is 104 cm³/mol. The van der Waals surface area contributed by atoms with Crippen LogP contribution in [0.15, 0.2) is 18.3 Å².